The molecule has 2 aromatic carbocycles. The zero-order chi connectivity index (χ0) is 18.5. The van der Waals surface area contributed by atoms with Crippen LogP contribution in [0.2, 0.25) is 0 Å². The summed E-state index contributed by atoms with van der Waals surface area (Å²) in [6, 6.07) is 11.7. The van der Waals surface area contributed by atoms with E-state index in [0.29, 0.717) is 11.7 Å². The Kier molecular flexibility index (Phi) is 2.31. The second-order valence-electron chi connectivity index (χ2n) is 5.76. The predicted molar refractivity (Wildman–Crippen MR) is 89.5 cm³/mol. The molecule has 0 N–H and O–H groups in total. The molecule has 0 radical (unpaired) electrons. The molecule has 1 heteroatoms. The van der Waals surface area contributed by atoms with Gasteiger partial charge >= 0.3 is 0 Å². The summed E-state index contributed by atoms with van der Waals surface area (Å²) in [5.74, 6) is 0. The number of aryl methyl sites for hydroxylation is 3. The average Bonchev–Trinajstić information content (AvgIpc) is 2.50. The third-order valence-corrected chi connectivity index (χ3v) is 4.02. The van der Waals surface area contributed by atoms with Crippen LogP contribution in [0, 0.1) is 27.6 Å². The molecule has 0 bridgehead atoms. The van der Waals surface area contributed by atoms with Crippen molar-refractivity contribution in [2.24, 2.45) is 7.05 Å². The molecule has 0 saturated carbocycles. The number of hydrogen-bond acceptors (Lipinski definition) is 0. The topological polar surface area (TPSA) is 3.88 Å². The maximum Gasteiger partial charge on any atom is 0.220 e. The molecule has 1 aromatic heterocycles. The van der Waals surface area contributed by atoms with Crippen LogP contribution in [0.1, 0.15) is 27.7 Å². The molecule has 106 valence electrons. The Hall–Kier alpha value is -2.15. The Bertz CT molecular complexity index is 987. The first kappa shape index (κ1) is 9.73. The van der Waals surface area contributed by atoms with Gasteiger partial charge in [-0.15, -0.1) is 0 Å². The highest BCUT2D eigenvalue weighted by Gasteiger charge is 2.18. The summed E-state index contributed by atoms with van der Waals surface area (Å²) in [7, 11) is 1.86. The number of aromatic nitrogens is 1. The summed E-state index contributed by atoms with van der Waals surface area (Å²) in [4.78, 5) is 0. The molecule has 0 unspecified atom stereocenters. The predicted octanol–water partition coefficient (Wildman–Crippen LogP) is 4.56. The highest BCUT2D eigenvalue weighted by atomic mass is 14.9. The maximum atomic E-state index is 8.30. The summed E-state index contributed by atoms with van der Waals surface area (Å²) in [5.41, 5.74) is 4.92. The van der Waals surface area contributed by atoms with Gasteiger partial charge in [-0.2, -0.15) is 0 Å². The van der Waals surface area contributed by atoms with Crippen LogP contribution in [0.3, 0.4) is 0 Å². The van der Waals surface area contributed by atoms with Gasteiger partial charge in [0, 0.05) is 10.2 Å². The smallest absolute Gasteiger partial charge is 0.200 e. The third kappa shape index (κ3) is 2.33. The Morgan fingerprint density at radius 3 is 2.57 bits per heavy atom. The van der Waals surface area contributed by atoms with Crippen molar-refractivity contribution in [2.45, 2.75) is 27.6 Å². The van der Waals surface area contributed by atoms with Crippen molar-refractivity contribution in [1.29, 1.82) is 0 Å². The molecule has 1 nitrogen and oxygen atoms in total. The van der Waals surface area contributed by atoms with E-state index in [0.717, 1.165) is 38.7 Å². The monoisotopic (exact) mass is 280 g/mol. The number of nitrogens with zero attached hydrogens (tertiary/aromatic N) is 1. The molecule has 3 aromatic rings. The van der Waals surface area contributed by atoms with Gasteiger partial charge < -0.3 is 0 Å². The summed E-state index contributed by atoms with van der Waals surface area (Å²) < 4.78 is 33.7. The molecule has 0 spiro atoms. The summed E-state index contributed by atoms with van der Waals surface area (Å²) in [5, 5.41) is 2.02. The first-order chi connectivity index (χ1) is 11.6. The van der Waals surface area contributed by atoms with E-state index in [9.17, 15) is 0 Å². The molecule has 0 fully saturated rings. The van der Waals surface area contributed by atoms with Crippen molar-refractivity contribution >= 4 is 10.8 Å². The van der Waals surface area contributed by atoms with Gasteiger partial charge in [-0.25, -0.2) is 4.57 Å². The molecule has 0 aliphatic heterocycles. The van der Waals surface area contributed by atoms with Crippen LogP contribution >= 0.6 is 0 Å². The highest BCUT2D eigenvalue weighted by molar-refractivity contribution is 5.94. The summed E-state index contributed by atoms with van der Waals surface area (Å²) in [6.07, 6.45) is 0.391. The Balaban J connectivity index is 2.47. The number of pyridine rings is 1. The summed E-state index contributed by atoms with van der Waals surface area (Å²) >= 11 is 0. The lowest BCUT2D eigenvalue weighted by Crippen LogP contribution is -2.30. The molecule has 0 saturated heterocycles. The summed E-state index contributed by atoms with van der Waals surface area (Å²) in [6.45, 7) is 3.65. The van der Waals surface area contributed by atoms with Gasteiger partial charge in [0.25, 0.3) is 0 Å². The molecule has 0 amide bonds. The van der Waals surface area contributed by atoms with E-state index in [2.05, 4.69) is 6.07 Å². The quantitative estimate of drug-likeness (QED) is 0.575. The van der Waals surface area contributed by atoms with E-state index in [1.165, 1.54) is 0 Å². The van der Waals surface area contributed by atoms with Gasteiger partial charge in [0.2, 0.25) is 5.69 Å². The van der Waals surface area contributed by atoms with Crippen LogP contribution in [0.4, 0.5) is 0 Å². The zero-order valence-corrected chi connectivity index (χ0v) is 12.9. The SMILES string of the molecule is [2H]c1cc2ccc(C)cc2c(-c2cc(C)cc(C([2H])([2H])[2H])c2C)[n+]1C. The van der Waals surface area contributed by atoms with Gasteiger partial charge in [0.1, 0.15) is 8.42 Å². The van der Waals surface area contributed by atoms with E-state index >= 15 is 0 Å². The van der Waals surface area contributed by atoms with Crippen molar-refractivity contribution in [1.82, 2.24) is 0 Å². The fraction of sp³-hybridized carbons (Fsp3) is 0.250. The van der Waals surface area contributed by atoms with Gasteiger partial charge in [0.05, 0.1) is 10.9 Å². The van der Waals surface area contributed by atoms with Crippen molar-refractivity contribution in [3.8, 4) is 11.3 Å². The van der Waals surface area contributed by atoms with E-state index in [-0.39, 0.29) is 0 Å². The van der Waals surface area contributed by atoms with Crippen LogP contribution < -0.4 is 4.57 Å². The number of benzene rings is 2. The molecular formula is C20H22N+. The molecule has 0 aliphatic rings. The third-order valence-electron chi connectivity index (χ3n) is 4.02. The largest absolute Gasteiger partial charge is 0.220 e. The highest BCUT2D eigenvalue weighted by Crippen LogP contribution is 2.30. The van der Waals surface area contributed by atoms with Gasteiger partial charge in [-0.3, -0.25) is 0 Å². The second kappa shape index (κ2) is 5.00. The minimum absolute atomic E-state index is 0.374. The van der Waals surface area contributed by atoms with Crippen molar-refractivity contribution in [3.05, 3.63) is 64.8 Å². The zero-order valence-electron chi connectivity index (χ0n) is 16.9. The van der Waals surface area contributed by atoms with E-state index in [1.807, 2.05) is 56.7 Å². The Labute approximate surface area is 132 Å². The number of fused-ring (bicyclic) bond motifs is 1. The van der Waals surface area contributed by atoms with Gasteiger partial charge in [-0.05, 0) is 56.3 Å². The van der Waals surface area contributed by atoms with Crippen molar-refractivity contribution < 1.29 is 10.1 Å². The number of rotatable bonds is 1. The Morgan fingerprint density at radius 1 is 1.00 bits per heavy atom. The van der Waals surface area contributed by atoms with Crippen LogP contribution in [0.5, 0.6) is 0 Å². The minimum Gasteiger partial charge on any atom is -0.200 e. The van der Waals surface area contributed by atoms with Crippen molar-refractivity contribution in [3.63, 3.8) is 0 Å². The van der Waals surface area contributed by atoms with Crippen LogP contribution in [0.15, 0.2) is 42.6 Å². The van der Waals surface area contributed by atoms with E-state index < -0.39 is 6.85 Å². The minimum atomic E-state index is -2.16. The number of hydrogen-bond donors (Lipinski definition) is 0. The average molecular weight is 280 g/mol. The second-order valence-corrected chi connectivity index (χ2v) is 5.76. The lowest BCUT2D eigenvalue weighted by atomic mass is 9.94. The van der Waals surface area contributed by atoms with E-state index in [1.54, 1.807) is 6.07 Å². The fourth-order valence-corrected chi connectivity index (χ4v) is 2.84. The molecule has 0 aliphatic carbocycles. The molecule has 1 heterocycles. The molecule has 0 atom stereocenters. The molecule has 3 rings (SSSR count). The maximum absolute atomic E-state index is 8.30. The van der Waals surface area contributed by atoms with Crippen molar-refractivity contribution in [2.75, 3.05) is 0 Å². The van der Waals surface area contributed by atoms with Crippen LogP contribution in [-0.4, -0.2) is 0 Å². The Morgan fingerprint density at radius 2 is 1.81 bits per heavy atom. The van der Waals surface area contributed by atoms with Crippen LogP contribution in [-0.2, 0) is 7.05 Å². The van der Waals surface area contributed by atoms with Gasteiger partial charge in [0.15, 0.2) is 6.17 Å². The normalized spacial score (nSPS) is 14.5. The molecular weight excluding hydrogens is 254 g/mol. The van der Waals surface area contributed by atoms with Crippen LogP contribution in [0.25, 0.3) is 22.0 Å². The fourth-order valence-electron chi connectivity index (χ4n) is 2.84. The standard InChI is InChI=1S/C20H22N/c1-13-6-7-17-8-9-21(5)20(19(17)11-13)18-12-14(2)10-15(3)16(18)4/h6-12H,1-5H3/q+1/i3D3,9D. The molecule has 21 heavy (non-hydrogen) atoms. The van der Waals surface area contributed by atoms with E-state index in [4.69, 9.17) is 5.48 Å². The lowest BCUT2D eigenvalue weighted by molar-refractivity contribution is -0.659. The lowest BCUT2D eigenvalue weighted by Gasteiger charge is -2.11. The van der Waals surface area contributed by atoms with Gasteiger partial charge in [-0.1, -0.05) is 29.3 Å². The first-order valence-corrected chi connectivity index (χ1v) is 7.11. The first-order valence-electron chi connectivity index (χ1n) is 9.11.